The number of rotatable bonds is 4. The molecule has 34 heavy (non-hydrogen) atoms. The zero-order valence-corrected chi connectivity index (χ0v) is 19.4. The number of imide groups is 1. The fourth-order valence-electron chi connectivity index (χ4n) is 4.37. The second kappa shape index (κ2) is 8.76. The lowest BCUT2D eigenvalue weighted by Gasteiger charge is -2.29. The molecule has 0 bridgehead atoms. The Bertz CT molecular complexity index is 1280. The maximum Gasteiger partial charge on any atom is 0.337 e. The number of hydrogen-bond acceptors (Lipinski definition) is 6. The van der Waals surface area contributed by atoms with Gasteiger partial charge in [0.05, 0.1) is 40.1 Å². The van der Waals surface area contributed by atoms with Gasteiger partial charge < -0.3 is 4.74 Å². The van der Waals surface area contributed by atoms with E-state index < -0.39 is 35.8 Å². The molecule has 0 saturated carbocycles. The average Bonchev–Trinajstić information content (AvgIpc) is 3.37. The standard InChI is InChI=1S/C25H18Cl2N2O5/c1-33-25(32)15-9-7-14(8-10-15)21-20-22(34-29(21)16-5-3-2-4-6-16)24(31)28(23(20)30)17-11-12-18(26)19(27)13-17/h2-13,20-22H,1H3/t20-,21-,22-/m1/s1. The monoisotopic (exact) mass is 496 g/mol. The van der Waals surface area contributed by atoms with Crippen molar-refractivity contribution in [3.63, 3.8) is 0 Å². The molecule has 2 amide bonds. The van der Waals surface area contributed by atoms with E-state index in [4.69, 9.17) is 32.8 Å². The van der Waals surface area contributed by atoms with E-state index in [1.165, 1.54) is 19.2 Å². The molecule has 2 aliphatic rings. The summed E-state index contributed by atoms with van der Waals surface area (Å²) in [6.07, 6.45) is -1.02. The van der Waals surface area contributed by atoms with Crippen LogP contribution >= 0.6 is 23.2 Å². The van der Waals surface area contributed by atoms with E-state index in [1.54, 1.807) is 35.4 Å². The van der Waals surface area contributed by atoms with Gasteiger partial charge in [-0.05, 0) is 48.0 Å². The Balaban J connectivity index is 1.56. The fourth-order valence-corrected chi connectivity index (χ4v) is 4.66. The van der Waals surface area contributed by atoms with Crippen molar-refractivity contribution in [3.8, 4) is 0 Å². The molecule has 0 unspecified atom stereocenters. The number of para-hydroxylation sites is 1. The van der Waals surface area contributed by atoms with Crippen molar-refractivity contribution in [2.75, 3.05) is 17.1 Å². The van der Waals surface area contributed by atoms with Gasteiger partial charge in [-0.3, -0.25) is 14.4 Å². The first kappa shape index (κ1) is 22.4. The van der Waals surface area contributed by atoms with Crippen LogP contribution in [-0.2, 0) is 19.2 Å². The van der Waals surface area contributed by atoms with Crippen LogP contribution in [-0.4, -0.2) is 31.0 Å². The van der Waals surface area contributed by atoms with Gasteiger partial charge >= 0.3 is 5.97 Å². The number of hydrogen-bond donors (Lipinski definition) is 0. The third-order valence-corrected chi connectivity index (χ3v) is 6.70. The molecule has 2 heterocycles. The molecular weight excluding hydrogens is 479 g/mol. The second-order valence-corrected chi connectivity index (χ2v) is 8.70. The van der Waals surface area contributed by atoms with E-state index in [2.05, 4.69) is 0 Å². The Hall–Kier alpha value is -3.39. The van der Waals surface area contributed by atoms with Gasteiger partial charge in [-0.15, -0.1) is 0 Å². The molecule has 2 aliphatic heterocycles. The van der Waals surface area contributed by atoms with E-state index in [0.717, 1.165) is 4.90 Å². The van der Waals surface area contributed by atoms with Crippen LogP contribution in [0.4, 0.5) is 11.4 Å². The van der Waals surface area contributed by atoms with Crippen LogP contribution in [0.25, 0.3) is 0 Å². The van der Waals surface area contributed by atoms with Crippen molar-refractivity contribution in [2.45, 2.75) is 12.1 Å². The van der Waals surface area contributed by atoms with Crippen LogP contribution < -0.4 is 9.96 Å². The summed E-state index contributed by atoms with van der Waals surface area (Å²) in [4.78, 5) is 46.0. The number of esters is 1. The molecule has 0 spiro atoms. The van der Waals surface area contributed by atoms with Crippen LogP contribution in [0.15, 0.2) is 72.8 Å². The SMILES string of the molecule is COC(=O)c1ccc([C@@H]2[C@H]3C(=O)N(c4ccc(Cl)c(Cl)c4)C(=O)[C@@H]3ON2c2ccccc2)cc1. The highest BCUT2D eigenvalue weighted by Gasteiger charge is 2.60. The predicted molar refractivity (Wildman–Crippen MR) is 127 cm³/mol. The largest absolute Gasteiger partial charge is 0.465 e. The number of anilines is 2. The predicted octanol–water partition coefficient (Wildman–Crippen LogP) is 4.83. The smallest absolute Gasteiger partial charge is 0.337 e. The van der Waals surface area contributed by atoms with Crippen molar-refractivity contribution >= 4 is 52.4 Å². The van der Waals surface area contributed by atoms with Gasteiger partial charge in [0.1, 0.15) is 5.92 Å². The van der Waals surface area contributed by atoms with Crippen molar-refractivity contribution < 1.29 is 24.0 Å². The Labute approximate surface area is 205 Å². The van der Waals surface area contributed by atoms with E-state index >= 15 is 0 Å². The average molecular weight is 497 g/mol. The summed E-state index contributed by atoms with van der Waals surface area (Å²) in [6, 6.07) is 19.9. The van der Waals surface area contributed by atoms with E-state index in [1.807, 2.05) is 30.3 Å². The Kier molecular flexibility index (Phi) is 5.77. The topological polar surface area (TPSA) is 76.2 Å². The molecule has 3 aromatic rings. The minimum absolute atomic E-state index is 0.235. The van der Waals surface area contributed by atoms with Gasteiger partial charge in [-0.2, -0.15) is 0 Å². The van der Waals surface area contributed by atoms with E-state index in [0.29, 0.717) is 27.5 Å². The van der Waals surface area contributed by atoms with Crippen LogP contribution in [0, 0.1) is 5.92 Å². The molecule has 3 atom stereocenters. The van der Waals surface area contributed by atoms with Gasteiger partial charge in [0.25, 0.3) is 5.91 Å². The Morgan fingerprint density at radius 1 is 0.882 bits per heavy atom. The second-order valence-electron chi connectivity index (χ2n) is 7.88. The maximum absolute atomic E-state index is 13.6. The van der Waals surface area contributed by atoms with E-state index in [9.17, 15) is 14.4 Å². The van der Waals surface area contributed by atoms with Crippen LogP contribution in [0.5, 0.6) is 0 Å². The van der Waals surface area contributed by atoms with Gasteiger partial charge in [-0.1, -0.05) is 53.5 Å². The lowest BCUT2D eigenvalue weighted by Crippen LogP contribution is -2.37. The molecule has 172 valence electrons. The lowest BCUT2D eigenvalue weighted by molar-refractivity contribution is -0.126. The number of halogens is 2. The Morgan fingerprint density at radius 3 is 2.24 bits per heavy atom. The molecule has 3 aromatic carbocycles. The summed E-state index contributed by atoms with van der Waals surface area (Å²) in [5.74, 6) is -2.17. The molecule has 9 heteroatoms. The zero-order valence-electron chi connectivity index (χ0n) is 17.9. The molecule has 2 saturated heterocycles. The highest BCUT2D eigenvalue weighted by atomic mass is 35.5. The first-order valence-electron chi connectivity index (χ1n) is 10.4. The van der Waals surface area contributed by atoms with Crippen molar-refractivity contribution in [3.05, 3.63) is 94.0 Å². The normalized spacial score (nSPS) is 21.7. The number of carbonyl (C=O) groups excluding carboxylic acids is 3. The number of amides is 2. The van der Waals surface area contributed by atoms with Crippen molar-refractivity contribution in [2.24, 2.45) is 5.92 Å². The molecule has 0 N–H and O–H groups in total. The molecular formula is C25H18Cl2N2O5. The third-order valence-electron chi connectivity index (χ3n) is 5.96. The fraction of sp³-hybridized carbons (Fsp3) is 0.160. The highest BCUT2D eigenvalue weighted by molar-refractivity contribution is 6.42. The first-order chi connectivity index (χ1) is 16.4. The summed E-state index contributed by atoms with van der Waals surface area (Å²) < 4.78 is 4.77. The summed E-state index contributed by atoms with van der Waals surface area (Å²) in [7, 11) is 1.31. The number of ether oxygens (including phenoxy) is 1. The third kappa shape index (κ3) is 3.62. The van der Waals surface area contributed by atoms with Gasteiger partial charge in [0.2, 0.25) is 5.91 Å². The van der Waals surface area contributed by atoms with Crippen LogP contribution in [0.3, 0.4) is 0 Å². The number of carbonyl (C=O) groups is 3. The summed E-state index contributed by atoms with van der Waals surface area (Å²) in [6.45, 7) is 0. The molecule has 2 fully saturated rings. The lowest BCUT2D eigenvalue weighted by atomic mass is 9.90. The van der Waals surface area contributed by atoms with Gasteiger partial charge in [0.15, 0.2) is 6.10 Å². The summed E-state index contributed by atoms with van der Waals surface area (Å²) in [5, 5.41) is 2.14. The molecule has 0 aromatic heterocycles. The maximum atomic E-state index is 13.6. The molecule has 5 rings (SSSR count). The Morgan fingerprint density at radius 2 is 1.59 bits per heavy atom. The molecule has 7 nitrogen and oxygen atoms in total. The van der Waals surface area contributed by atoms with Crippen LogP contribution in [0.2, 0.25) is 10.0 Å². The van der Waals surface area contributed by atoms with Crippen molar-refractivity contribution in [1.82, 2.24) is 0 Å². The van der Waals surface area contributed by atoms with Crippen molar-refractivity contribution in [1.29, 1.82) is 0 Å². The minimum atomic E-state index is -1.02. The zero-order chi connectivity index (χ0) is 24.0. The molecule has 0 radical (unpaired) electrons. The number of fused-ring (bicyclic) bond motifs is 1. The van der Waals surface area contributed by atoms with Gasteiger partial charge in [-0.25, -0.2) is 14.8 Å². The van der Waals surface area contributed by atoms with Crippen LogP contribution in [0.1, 0.15) is 22.0 Å². The number of nitrogens with zero attached hydrogens (tertiary/aromatic N) is 2. The van der Waals surface area contributed by atoms with E-state index in [-0.39, 0.29) is 5.02 Å². The number of benzene rings is 3. The summed E-state index contributed by atoms with van der Waals surface area (Å²) >= 11 is 12.1. The summed E-state index contributed by atoms with van der Waals surface area (Å²) in [5.41, 5.74) is 2.11. The number of hydroxylamine groups is 1. The molecule has 0 aliphatic carbocycles. The highest BCUT2D eigenvalue weighted by Crippen LogP contribution is 2.47. The number of methoxy groups -OCH3 is 1. The first-order valence-corrected chi connectivity index (χ1v) is 11.2. The van der Waals surface area contributed by atoms with Gasteiger partial charge in [0, 0.05) is 0 Å². The quantitative estimate of drug-likeness (QED) is 0.380. The minimum Gasteiger partial charge on any atom is -0.465 e.